The molecule has 0 N–H and O–H groups in total. The van der Waals surface area contributed by atoms with Crippen molar-refractivity contribution in [3.8, 4) is 0 Å². The van der Waals surface area contributed by atoms with E-state index in [0.717, 1.165) is 24.2 Å². The van der Waals surface area contributed by atoms with Crippen LogP contribution in [0.25, 0.3) is 12.2 Å². The standard InChI is InChI=1S/C20H21FN2O4S/c1-2-27-19(25)12-18-23(13-17(24)22-9-3-4-10-22)20(26)16(28-18)11-14-5-7-15(21)8-6-14/h5-8,11-12H,2-4,9-10,13H2,1H3. The highest BCUT2D eigenvalue weighted by Gasteiger charge is 2.19. The summed E-state index contributed by atoms with van der Waals surface area (Å²) in [5.74, 6) is -1.09. The first-order valence-corrected chi connectivity index (χ1v) is 9.93. The molecule has 148 valence electrons. The lowest BCUT2D eigenvalue weighted by atomic mass is 10.2. The van der Waals surface area contributed by atoms with Crippen molar-refractivity contribution in [1.82, 2.24) is 9.47 Å². The predicted octanol–water partition coefficient (Wildman–Crippen LogP) is 0.844. The van der Waals surface area contributed by atoms with Crippen molar-refractivity contribution >= 4 is 35.4 Å². The summed E-state index contributed by atoms with van der Waals surface area (Å²) in [6.07, 6.45) is 4.76. The monoisotopic (exact) mass is 404 g/mol. The number of esters is 1. The molecule has 0 radical (unpaired) electrons. The fraction of sp³-hybridized carbons (Fsp3) is 0.350. The SMILES string of the molecule is CCOC(=O)C=c1sc(=Cc2ccc(F)cc2)c(=O)n1CC(=O)N1CCCC1. The average molecular weight is 404 g/mol. The summed E-state index contributed by atoms with van der Waals surface area (Å²) in [4.78, 5) is 39.0. The molecule has 2 aromatic rings. The van der Waals surface area contributed by atoms with Gasteiger partial charge in [0, 0.05) is 13.1 Å². The Bertz CT molecular complexity index is 1030. The number of ether oxygens (including phenoxy) is 1. The molecule has 3 rings (SSSR count). The van der Waals surface area contributed by atoms with Crippen molar-refractivity contribution in [3.63, 3.8) is 0 Å². The molecule has 1 aliphatic heterocycles. The quantitative estimate of drug-likeness (QED) is 0.693. The first-order chi connectivity index (χ1) is 13.5. The molecule has 1 saturated heterocycles. The van der Waals surface area contributed by atoms with Crippen LogP contribution in [0.3, 0.4) is 0 Å². The minimum atomic E-state index is -0.570. The number of thiazole rings is 1. The summed E-state index contributed by atoms with van der Waals surface area (Å²) >= 11 is 1.10. The number of benzene rings is 1. The summed E-state index contributed by atoms with van der Waals surface area (Å²) in [6, 6.07) is 5.73. The minimum Gasteiger partial charge on any atom is -0.463 e. The zero-order valence-corrected chi connectivity index (χ0v) is 16.3. The molecule has 2 heterocycles. The smallest absolute Gasteiger partial charge is 0.333 e. The molecule has 1 fully saturated rings. The third kappa shape index (κ3) is 4.75. The van der Waals surface area contributed by atoms with E-state index in [1.165, 1.54) is 22.8 Å². The van der Waals surface area contributed by atoms with Crippen LogP contribution in [0.4, 0.5) is 4.39 Å². The molecule has 1 aliphatic rings. The molecule has 0 unspecified atom stereocenters. The van der Waals surface area contributed by atoms with Crippen molar-refractivity contribution in [2.24, 2.45) is 0 Å². The van der Waals surface area contributed by atoms with E-state index in [4.69, 9.17) is 4.74 Å². The van der Waals surface area contributed by atoms with E-state index in [0.29, 0.717) is 27.8 Å². The van der Waals surface area contributed by atoms with Crippen LogP contribution in [0, 0.1) is 5.82 Å². The molecule has 6 nitrogen and oxygen atoms in total. The van der Waals surface area contributed by atoms with Gasteiger partial charge in [0.1, 0.15) is 17.0 Å². The van der Waals surface area contributed by atoms with Crippen molar-refractivity contribution in [2.45, 2.75) is 26.3 Å². The topological polar surface area (TPSA) is 68.6 Å². The molecule has 1 amide bonds. The molecule has 1 aromatic heterocycles. The Morgan fingerprint density at radius 1 is 1.21 bits per heavy atom. The van der Waals surface area contributed by atoms with Gasteiger partial charge in [0.25, 0.3) is 5.56 Å². The molecule has 0 spiro atoms. The Labute approximate surface area is 165 Å². The molecule has 0 bridgehead atoms. The van der Waals surface area contributed by atoms with Crippen LogP contribution in [0.1, 0.15) is 25.3 Å². The van der Waals surface area contributed by atoms with E-state index in [2.05, 4.69) is 0 Å². The lowest BCUT2D eigenvalue weighted by Crippen LogP contribution is -2.39. The number of amides is 1. The average Bonchev–Trinajstić information content (AvgIpc) is 3.29. The number of carbonyl (C=O) groups excluding carboxylic acids is 2. The Morgan fingerprint density at radius 2 is 1.89 bits per heavy atom. The Balaban J connectivity index is 2.03. The maximum absolute atomic E-state index is 13.1. The van der Waals surface area contributed by atoms with Crippen LogP contribution in [-0.4, -0.2) is 41.0 Å². The molecular formula is C20H21FN2O4S. The predicted molar refractivity (Wildman–Crippen MR) is 105 cm³/mol. The molecule has 1 aromatic carbocycles. The largest absolute Gasteiger partial charge is 0.463 e. The minimum absolute atomic E-state index is 0.127. The van der Waals surface area contributed by atoms with Gasteiger partial charge in [-0.3, -0.25) is 14.2 Å². The number of rotatable bonds is 5. The Hall–Kier alpha value is -2.74. The zero-order chi connectivity index (χ0) is 20.1. The zero-order valence-electron chi connectivity index (χ0n) is 15.5. The van der Waals surface area contributed by atoms with Gasteiger partial charge in [-0.05, 0) is 43.5 Å². The van der Waals surface area contributed by atoms with E-state index in [9.17, 15) is 18.8 Å². The van der Waals surface area contributed by atoms with Crippen LogP contribution < -0.4 is 14.8 Å². The summed E-state index contributed by atoms with van der Waals surface area (Å²) in [6.45, 7) is 3.15. The van der Waals surface area contributed by atoms with Crippen LogP contribution in [0.5, 0.6) is 0 Å². The van der Waals surface area contributed by atoms with Gasteiger partial charge >= 0.3 is 5.97 Å². The maximum atomic E-state index is 13.1. The van der Waals surface area contributed by atoms with Gasteiger partial charge in [-0.15, -0.1) is 11.3 Å². The van der Waals surface area contributed by atoms with Gasteiger partial charge in [0.2, 0.25) is 5.91 Å². The second-order valence-electron chi connectivity index (χ2n) is 6.38. The maximum Gasteiger partial charge on any atom is 0.333 e. The first kappa shape index (κ1) is 20.0. The first-order valence-electron chi connectivity index (χ1n) is 9.11. The van der Waals surface area contributed by atoms with E-state index < -0.39 is 5.97 Å². The molecule has 8 heteroatoms. The molecular weight excluding hydrogens is 383 g/mol. The van der Waals surface area contributed by atoms with Gasteiger partial charge in [0.05, 0.1) is 17.2 Å². The molecule has 28 heavy (non-hydrogen) atoms. The van der Waals surface area contributed by atoms with E-state index in [-0.39, 0.29) is 30.4 Å². The van der Waals surface area contributed by atoms with Crippen molar-refractivity contribution in [1.29, 1.82) is 0 Å². The molecule has 0 saturated carbocycles. The number of likely N-dealkylation sites (tertiary alicyclic amines) is 1. The second-order valence-corrected chi connectivity index (χ2v) is 7.44. The van der Waals surface area contributed by atoms with Gasteiger partial charge in [0.15, 0.2) is 0 Å². The van der Waals surface area contributed by atoms with Crippen LogP contribution in [-0.2, 0) is 20.9 Å². The van der Waals surface area contributed by atoms with E-state index in [1.54, 1.807) is 30.0 Å². The van der Waals surface area contributed by atoms with Gasteiger partial charge in [-0.2, -0.15) is 0 Å². The van der Waals surface area contributed by atoms with E-state index >= 15 is 0 Å². The van der Waals surface area contributed by atoms with Crippen molar-refractivity contribution < 1.29 is 18.7 Å². The lowest BCUT2D eigenvalue weighted by Gasteiger charge is -2.15. The summed E-state index contributed by atoms with van der Waals surface area (Å²) < 4.78 is 20.1. The summed E-state index contributed by atoms with van der Waals surface area (Å²) in [7, 11) is 0. The fourth-order valence-electron chi connectivity index (χ4n) is 2.99. The number of carbonyl (C=O) groups is 2. The highest BCUT2D eigenvalue weighted by atomic mass is 32.1. The van der Waals surface area contributed by atoms with Crippen LogP contribution in [0.15, 0.2) is 29.1 Å². The summed E-state index contributed by atoms with van der Waals surface area (Å²) in [5.41, 5.74) is 0.290. The Morgan fingerprint density at radius 3 is 2.54 bits per heavy atom. The van der Waals surface area contributed by atoms with Crippen molar-refractivity contribution in [2.75, 3.05) is 19.7 Å². The van der Waals surface area contributed by atoms with Crippen LogP contribution in [0.2, 0.25) is 0 Å². The van der Waals surface area contributed by atoms with E-state index in [1.807, 2.05) is 0 Å². The number of aromatic nitrogens is 1. The summed E-state index contributed by atoms with van der Waals surface area (Å²) in [5, 5.41) is 0. The molecule has 0 atom stereocenters. The lowest BCUT2D eigenvalue weighted by molar-refractivity contribution is -0.135. The second kappa shape index (κ2) is 8.97. The normalized spacial score (nSPS) is 15.3. The highest BCUT2D eigenvalue weighted by molar-refractivity contribution is 7.07. The third-order valence-corrected chi connectivity index (χ3v) is 5.44. The number of halogens is 1. The van der Waals surface area contributed by atoms with Gasteiger partial charge in [-0.1, -0.05) is 12.1 Å². The fourth-order valence-corrected chi connectivity index (χ4v) is 4.02. The van der Waals surface area contributed by atoms with Crippen LogP contribution >= 0.6 is 11.3 Å². The highest BCUT2D eigenvalue weighted by Crippen LogP contribution is 2.07. The number of hydrogen-bond donors (Lipinski definition) is 0. The number of nitrogens with zero attached hydrogens (tertiary/aromatic N) is 2. The third-order valence-electron chi connectivity index (χ3n) is 4.38. The Kier molecular flexibility index (Phi) is 6.41. The molecule has 0 aliphatic carbocycles. The van der Waals surface area contributed by atoms with Crippen molar-refractivity contribution in [3.05, 3.63) is 55.2 Å². The number of hydrogen-bond acceptors (Lipinski definition) is 5. The van der Waals surface area contributed by atoms with Gasteiger partial charge in [-0.25, -0.2) is 9.18 Å². The van der Waals surface area contributed by atoms with Gasteiger partial charge < -0.3 is 9.64 Å².